The van der Waals surface area contributed by atoms with E-state index in [9.17, 15) is 14.3 Å². The van der Waals surface area contributed by atoms with Gasteiger partial charge in [0.1, 0.15) is 11.6 Å². The summed E-state index contributed by atoms with van der Waals surface area (Å²) in [6.45, 7) is 11.5. The molecule has 7 heteroatoms. The Kier molecular flexibility index (Phi) is 6.79. The molecular formula is C30H38FN3O3. The maximum Gasteiger partial charge on any atom is 0.225 e. The number of nitrogens with zero attached hydrogens (tertiary/aromatic N) is 2. The first-order chi connectivity index (χ1) is 17.8. The van der Waals surface area contributed by atoms with Crippen molar-refractivity contribution in [3.63, 3.8) is 0 Å². The van der Waals surface area contributed by atoms with Crippen LogP contribution in [0.4, 0.5) is 4.39 Å². The number of methoxy groups -OCH3 is 1. The minimum atomic E-state index is -0.762. The number of hydrogen-bond acceptors (Lipinski definition) is 4. The number of aliphatic hydroxyl groups is 1. The summed E-state index contributed by atoms with van der Waals surface area (Å²) in [6.07, 6.45) is 8.00. The zero-order valence-corrected chi connectivity index (χ0v) is 22.0. The fourth-order valence-corrected chi connectivity index (χ4v) is 6.50. The Balaban J connectivity index is 1.60. The van der Waals surface area contributed by atoms with Crippen LogP contribution in [0.1, 0.15) is 50.3 Å². The molecule has 0 bridgehead atoms. The van der Waals surface area contributed by atoms with Crippen molar-refractivity contribution in [1.82, 2.24) is 14.8 Å². The Labute approximate surface area is 218 Å². The molecule has 1 aromatic heterocycles. The van der Waals surface area contributed by atoms with E-state index in [1.54, 1.807) is 19.3 Å². The average molecular weight is 508 g/mol. The third-order valence-corrected chi connectivity index (χ3v) is 9.09. The van der Waals surface area contributed by atoms with E-state index in [4.69, 9.17) is 4.74 Å². The normalized spacial score (nSPS) is 24.1. The molecular weight excluding hydrogens is 469 g/mol. The van der Waals surface area contributed by atoms with Crippen LogP contribution in [-0.2, 0) is 15.7 Å². The molecule has 198 valence electrons. The number of carbonyl (C=O) groups excluding carboxylic acids is 1. The molecule has 3 heterocycles. The molecule has 3 aliphatic rings. The van der Waals surface area contributed by atoms with E-state index in [-0.39, 0.29) is 17.9 Å². The fraction of sp³-hybridized carbons (Fsp3) is 0.500. The summed E-state index contributed by atoms with van der Waals surface area (Å²) in [6, 6.07) is 6.06. The van der Waals surface area contributed by atoms with Gasteiger partial charge in [-0.25, -0.2) is 4.39 Å². The quantitative estimate of drug-likeness (QED) is 0.520. The molecule has 1 atom stereocenters. The number of aliphatic hydroxyl groups excluding tert-OH is 1. The number of allylic oxidation sites excluding steroid dienone is 2. The number of piperidine rings is 1. The molecule has 1 aromatic carbocycles. The largest absolute Gasteiger partial charge is 0.497 e. The van der Waals surface area contributed by atoms with Crippen molar-refractivity contribution in [3.8, 4) is 5.75 Å². The van der Waals surface area contributed by atoms with Crippen LogP contribution in [0.25, 0.3) is 10.9 Å². The number of aromatic nitrogens is 1. The van der Waals surface area contributed by atoms with Crippen molar-refractivity contribution < 1.29 is 19.0 Å². The summed E-state index contributed by atoms with van der Waals surface area (Å²) in [5, 5.41) is 11.9. The van der Waals surface area contributed by atoms with Crippen LogP contribution in [-0.4, -0.2) is 65.7 Å². The molecule has 1 spiro atoms. The van der Waals surface area contributed by atoms with E-state index in [0.717, 1.165) is 54.5 Å². The lowest BCUT2D eigenvalue weighted by Crippen LogP contribution is -2.61. The van der Waals surface area contributed by atoms with Crippen LogP contribution in [0.2, 0.25) is 0 Å². The second-order valence-corrected chi connectivity index (χ2v) is 11.1. The van der Waals surface area contributed by atoms with Gasteiger partial charge in [0.05, 0.1) is 19.3 Å². The number of aromatic amines is 1. The lowest BCUT2D eigenvalue weighted by Gasteiger charge is -2.54. The number of hydrogen-bond donors (Lipinski definition) is 2. The van der Waals surface area contributed by atoms with E-state index in [1.165, 1.54) is 5.56 Å². The van der Waals surface area contributed by atoms with Gasteiger partial charge in [-0.15, -0.1) is 0 Å². The maximum absolute atomic E-state index is 14.4. The lowest BCUT2D eigenvalue weighted by molar-refractivity contribution is -0.140. The third kappa shape index (κ3) is 4.22. The van der Waals surface area contributed by atoms with Crippen LogP contribution in [0, 0.1) is 5.92 Å². The summed E-state index contributed by atoms with van der Waals surface area (Å²) in [4.78, 5) is 20.9. The van der Waals surface area contributed by atoms with E-state index in [2.05, 4.69) is 29.1 Å². The van der Waals surface area contributed by atoms with Crippen LogP contribution >= 0.6 is 0 Å². The minimum absolute atomic E-state index is 0.132. The van der Waals surface area contributed by atoms with Crippen LogP contribution < -0.4 is 4.74 Å². The predicted molar refractivity (Wildman–Crippen MR) is 144 cm³/mol. The monoisotopic (exact) mass is 507 g/mol. The van der Waals surface area contributed by atoms with Crippen molar-refractivity contribution in [1.29, 1.82) is 0 Å². The zero-order chi connectivity index (χ0) is 26.4. The highest BCUT2D eigenvalue weighted by molar-refractivity contribution is 5.88. The predicted octanol–water partition coefficient (Wildman–Crippen LogP) is 4.96. The van der Waals surface area contributed by atoms with Crippen molar-refractivity contribution in [2.45, 2.75) is 50.0 Å². The van der Waals surface area contributed by atoms with Gasteiger partial charge in [-0.3, -0.25) is 9.69 Å². The van der Waals surface area contributed by atoms with Gasteiger partial charge in [0.15, 0.2) is 0 Å². The number of carbonyl (C=O) groups is 1. The Bertz CT molecular complexity index is 1250. The first kappa shape index (κ1) is 25.7. The van der Waals surface area contributed by atoms with Crippen LogP contribution in [0.5, 0.6) is 5.75 Å². The van der Waals surface area contributed by atoms with Gasteiger partial charge in [0, 0.05) is 65.7 Å². The van der Waals surface area contributed by atoms with Gasteiger partial charge in [0.2, 0.25) is 5.91 Å². The molecule has 2 aliphatic heterocycles. The lowest BCUT2D eigenvalue weighted by atomic mass is 9.65. The first-order valence-electron chi connectivity index (χ1n) is 13.3. The zero-order valence-electron chi connectivity index (χ0n) is 22.0. The van der Waals surface area contributed by atoms with E-state index in [0.29, 0.717) is 37.7 Å². The Hall–Kier alpha value is -2.90. The number of ether oxygens (including phenoxy) is 1. The fourth-order valence-electron chi connectivity index (χ4n) is 6.50. The highest BCUT2D eigenvalue weighted by Gasteiger charge is 2.52. The van der Waals surface area contributed by atoms with Gasteiger partial charge in [-0.05, 0) is 50.3 Å². The highest BCUT2D eigenvalue weighted by Crippen LogP contribution is 2.51. The van der Waals surface area contributed by atoms with Crippen molar-refractivity contribution in [2.24, 2.45) is 5.92 Å². The van der Waals surface area contributed by atoms with Gasteiger partial charge in [-0.2, -0.15) is 0 Å². The standard InChI is InChI=1S/C30H38FN3O3/c1-5-7-22(20(2)31)17-34-18-30(12-14-33(15-13-30)28(36)21-8-6-9-21)26-24-11-10-23(37-4)16-25(24)32-27(26)29(34,3)19-35/h5,7,10-11,16,21,32,35H,1-2,6,8-9,12-15,17-19H2,3-4H3/b22-7-. The molecule has 5 rings (SSSR count). The second-order valence-electron chi connectivity index (χ2n) is 11.1. The number of amides is 1. The number of rotatable bonds is 7. The molecule has 0 radical (unpaired) electrons. The van der Waals surface area contributed by atoms with Crippen LogP contribution in [0.3, 0.4) is 0 Å². The molecule has 2 N–H and O–H groups in total. The molecule has 6 nitrogen and oxygen atoms in total. The molecule has 37 heavy (non-hydrogen) atoms. The molecule has 2 aromatic rings. The summed E-state index contributed by atoms with van der Waals surface area (Å²) in [5.74, 6) is 0.742. The highest BCUT2D eigenvalue weighted by atomic mass is 19.1. The number of nitrogens with one attached hydrogen (secondary N) is 1. The van der Waals surface area contributed by atoms with Crippen molar-refractivity contribution >= 4 is 16.8 Å². The topological polar surface area (TPSA) is 68.8 Å². The maximum atomic E-state index is 14.4. The number of benzene rings is 1. The average Bonchev–Trinajstić information content (AvgIpc) is 3.26. The number of likely N-dealkylation sites (tertiary alicyclic amines) is 1. The minimum Gasteiger partial charge on any atom is -0.497 e. The Morgan fingerprint density at radius 2 is 2.05 bits per heavy atom. The molecule has 2 fully saturated rings. The first-order valence-corrected chi connectivity index (χ1v) is 13.3. The SMILES string of the molecule is C=C/C=C(/CN1CC2(CCN(C(=O)C3CCC3)CC2)c2c([nH]c3cc(OC)ccc23)C1(C)CO)C(=C)F. The number of fused-ring (bicyclic) bond motifs is 4. The summed E-state index contributed by atoms with van der Waals surface area (Å²) in [7, 11) is 1.65. The van der Waals surface area contributed by atoms with E-state index >= 15 is 0 Å². The smallest absolute Gasteiger partial charge is 0.225 e. The number of halogens is 1. The van der Waals surface area contributed by atoms with Crippen molar-refractivity contribution in [3.05, 3.63) is 66.2 Å². The number of H-pyrrole nitrogens is 1. The molecule has 1 aliphatic carbocycles. The van der Waals surface area contributed by atoms with Gasteiger partial charge in [-0.1, -0.05) is 31.7 Å². The Morgan fingerprint density at radius 3 is 2.62 bits per heavy atom. The molecule has 1 saturated carbocycles. The van der Waals surface area contributed by atoms with Gasteiger partial charge >= 0.3 is 0 Å². The summed E-state index contributed by atoms with van der Waals surface area (Å²) in [5.41, 5.74) is 2.55. The van der Waals surface area contributed by atoms with Crippen molar-refractivity contribution in [2.75, 3.05) is 39.9 Å². The van der Waals surface area contributed by atoms with Gasteiger partial charge in [0.25, 0.3) is 0 Å². The summed E-state index contributed by atoms with van der Waals surface area (Å²) >= 11 is 0. The molecule has 1 unspecified atom stereocenters. The second kappa shape index (κ2) is 9.76. The molecule has 1 saturated heterocycles. The van der Waals surface area contributed by atoms with E-state index < -0.39 is 11.4 Å². The van der Waals surface area contributed by atoms with Crippen LogP contribution in [0.15, 0.2) is 54.9 Å². The summed E-state index contributed by atoms with van der Waals surface area (Å²) < 4.78 is 19.9. The molecule has 1 amide bonds. The Morgan fingerprint density at radius 1 is 1.32 bits per heavy atom. The van der Waals surface area contributed by atoms with E-state index in [1.807, 2.05) is 24.0 Å². The van der Waals surface area contributed by atoms with Gasteiger partial charge < -0.3 is 19.7 Å². The third-order valence-electron chi connectivity index (χ3n) is 9.09.